The van der Waals surface area contributed by atoms with Crippen molar-refractivity contribution in [3.05, 3.63) is 42.4 Å². The van der Waals surface area contributed by atoms with Crippen LogP contribution in [0.5, 0.6) is 5.75 Å². The first-order chi connectivity index (χ1) is 10.2. The van der Waals surface area contributed by atoms with Crippen LogP contribution < -0.4 is 15.4 Å². The molecule has 0 spiro atoms. The lowest BCUT2D eigenvalue weighted by molar-refractivity contribution is -0.118. The van der Waals surface area contributed by atoms with E-state index in [1.807, 2.05) is 30.3 Å². The van der Waals surface area contributed by atoms with E-state index >= 15 is 0 Å². The molecule has 2 aromatic rings. The number of amides is 1. The van der Waals surface area contributed by atoms with Crippen LogP contribution in [0.1, 0.15) is 19.1 Å². The number of hydrogen-bond donors (Lipinski definition) is 2. The van der Waals surface area contributed by atoms with Crippen molar-refractivity contribution in [2.24, 2.45) is 0 Å². The van der Waals surface area contributed by atoms with E-state index in [1.54, 1.807) is 6.26 Å². The van der Waals surface area contributed by atoms with Crippen LogP contribution in [0, 0.1) is 0 Å². The van der Waals surface area contributed by atoms with Crippen LogP contribution in [0.4, 0.5) is 11.4 Å². The van der Waals surface area contributed by atoms with E-state index in [-0.39, 0.29) is 12.5 Å². The zero-order valence-corrected chi connectivity index (χ0v) is 11.9. The van der Waals surface area contributed by atoms with Crippen molar-refractivity contribution in [3.8, 4) is 5.75 Å². The van der Waals surface area contributed by atoms with Crippen LogP contribution in [-0.2, 0) is 11.2 Å². The first kappa shape index (κ1) is 13.5. The molecule has 0 fully saturated rings. The number of rotatable bonds is 5. The minimum absolute atomic E-state index is 0.0739. The van der Waals surface area contributed by atoms with Gasteiger partial charge in [0.15, 0.2) is 6.61 Å². The van der Waals surface area contributed by atoms with Crippen molar-refractivity contribution in [2.75, 3.05) is 17.2 Å². The van der Waals surface area contributed by atoms with Gasteiger partial charge in [0.2, 0.25) is 0 Å². The molecular formula is C16H18N2O3. The Kier molecular flexibility index (Phi) is 3.81. The monoisotopic (exact) mass is 286 g/mol. The predicted octanol–water partition coefficient (Wildman–Crippen LogP) is 3.04. The van der Waals surface area contributed by atoms with Gasteiger partial charge in [0.05, 0.1) is 12.0 Å². The third-order valence-electron chi connectivity index (χ3n) is 3.43. The fourth-order valence-electron chi connectivity index (χ4n) is 2.33. The van der Waals surface area contributed by atoms with Gasteiger partial charge < -0.3 is 19.8 Å². The topological polar surface area (TPSA) is 63.5 Å². The molecule has 0 aliphatic carbocycles. The average Bonchev–Trinajstić information content (AvgIpc) is 2.99. The zero-order valence-electron chi connectivity index (χ0n) is 11.9. The SMILES string of the molecule is C[C@H](CCc1ccco1)Nc1ccc2c(c1)OCC(=O)N2. The normalized spacial score (nSPS) is 14.8. The molecule has 2 N–H and O–H groups in total. The Hall–Kier alpha value is -2.43. The molecule has 1 aromatic carbocycles. The molecule has 3 rings (SSSR count). The van der Waals surface area contributed by atoms with Crippen LogP contribution in [0.15, 0.2) is 41.0 Å². The van der Waals surface area contributed by atoms with Gasteiger partial charge in [-0.05, 0) is 37.6 Å². The molecule has 0 bridgehead atoms. The minimum atomic E-state index is -0.116. The maximum Gasteiger partial charge on any atom is 0.262 e. The second-order valence-electron chi connectivity index (χ2n) is 5.21. The fraction of sp³-hybridized carbons (Fsp3) is 0.312. The first-order valence-corrected chi connectivity index (χ1v) is 7.06. The second kappa shape index (κ2) is 5.91. The van der Waals surface area contributed by atoms with Crippen LogP contribution in [-0.4, -0.2) is 18.6 Å². The van der Waals surface area contributed by atoms with Gasteiger partial charge in [0.1, 0.15) is 11.5 Å². The summed E-state index contributed by atoms with van der Waals surface area (Å²) in [5, 5.41) is 6.21. The lowest BCUT2D eigenvalue weighted by atomic mass is 10.1. The molecule has 0 unspecified atom stereocenters. The molecule has 5 nitrogen and oxygen atoms in total. The summed E-state index contributed by atoms with van der Waals surface area (Å²) in [5.41, 5.74) is 1.71. The van der Waals surface area contributed by atoms with Crippen LogP contribution >= 0.6 is 0 Å². The Morgan fingerprint density at radius 2 is 2.29 bits per heavy atom. The molecule has 1 aromatic heterocycles. The van der Waals surface area contributed by atoms with Gasteiger partial charge in [-0.3, -0.25) is 4.79 Å². The van der Waals surface area contributed by atoms with Crippen molar-refractivity contribution in [3.63, 3.8) is 0 Å². The summed E-state index contributed by atoms with van der Waals surface area (Å²) in [5.74, 6) is 1.59. The van der Waals surface area contributed by atoms with Gasteiger partial charge >= 0.3 is 0 Å². The number of fused-ring (bicyclic) bond motifs is 1. The molecule has 0 saturated heterocycles. The van der Waals surface area contributed by atoms with Crippen LogP contribution in [0.2, 0.25) is 0 Å². The number of anilines is 2. The van der Waals surface area contributed by atoms with Gasteiger partial charge in [-0.15, -0.1) is 0 Å². The number of aryl methyl sites for hydroxylation is 1. The maximum atomic E-state index is 11.2. The number of carbonyl (C=O) groups is 1. The first-order valence-electron chi connectivity index (χ1n) is 7.06. The maximum absolute atomic E-state index is 11.2. The Morgan fingerprint density at radius 1 is 1.38 bits per heavy atom. The highest BCUT2D eigenvalue weighted by molar-refractivity contribution is 5.95. The molecule has 110 valence electrons. The van der Waals surface area contributed by atoms with E-state index in [4.69, 9.17) is 9.15 Å². The molecule has 1 aliphatic heterocycles. The van der Waals surface area contributed by atoms with Crippen molar-refractivity contribution in [1.29, 1.82) is 0 Å². The zero-order chi connectivity index (χ0) is 14.7. The van der Waals surface area contributed by atoms with Gasteiger partial charge in [-0.2, -0.15) is 0 Å². The van der Waals surface area contributed by atoms with E-state index in [9.17, 15) is 4.79 Å². The van der Waals surface area contributed by atoms with E-state index < -0.39 is 0 Å². The lowest BCUT2D eigenvalue weighted by Crippen LogP contribution is -2.25. The minimum Gasteiger partial charge on any atom is -0.482 e. The van der Waals surface area contributed by atoms with Crippen molar-refractivity contribution >= 4 is 17.3 Å². The van der Waals surface area contributed by atoms with Crippen molar-refractivity contribution < 1.29 is 13.9 Å². The molecule has 21 heavy (non-hydrogen) atoms. The number of furan rings is 1. The van der Waals surface area contributed by atoms with E-state index in [1.165, 1.54) is 0 Å². The van der Waals surface area contributed by atoms with Crippen molar-refractivity contribution in [1.82, 2.24) is 0 Å². The van der Waals surface area contributed by atoms with E-state index in [0.29, 0.717) is 11.8 Å². The highest BCUT2D eigenvalue weighted by Crippen LogP contribution is 2.30. The summed E-state index contributed by atoms with van der Waals surface area (Å²) < 4.78 is 10.7. The molecule has 1 amide bonds. The number of nitrogens with one attached hydrogen (secondary N) is 2. The molecule has 0 radical (unpaired) electrons. The molecule has 1 aliphatic rings. The highest BCUT2D eigenvalue weighted by Gasteiger charge is 2.16. The Balaban J connectivity index is 1.58. The second-order valence-corrected chi connectivity index (χ2v) is 5.21. The van der Waals surface area contributed by atoms with Gasteiger partial charge in [0.25, 0.3) is 5.91 Å². The van der Waals surface area contributed by atoms with Gasteiger partial charge in [-0.1, -0.05) is 0 Å². The number of benzene rings is 1. The summed E-state index contributed by atoms with van der Waals surface area (Å²) in [6, 6.07) is 9.92. The van der Waals surface area contributed by atoms with Gasteiger partial charge in [0, 0.05) is 24.2 Å². The average molecular weight is 286 g/mol. The molecule has 0 saturated carbocycles. The molecule has 5 heteroatoms. The Morgan fingerprint density at radius 3 is 3.10 bits per heavy atom. The van der Waals surface area contributed by atoms with Gasteiger partial charge in [-0.25, -0.2) is 0 Å². The van der Waals surface area contributed by atoms with Crippen molar-refractivity contribution in [2.45, 2.75) is 25.8 Å². The lowest BCUT2D eigenvalue weighted by Gasteiger charge is -2.20. The molecule has 2 heterocycles. The molecule has 1 atom stereocenters. The number of ether oxygens (including phenoxy) is 1. The highest BCUT2D eigenvalue weighted by atomic mass is 16.5. The summed E-state index contributed by atoms with van der Waals surface area (Å²) in [4.78, 5) is 11.2. The quantitative estimate of drug-likeness (QED) is 0.886. The predicted molar refractivity (Wildman–Crippen MR) is 80.7 cm³/mol. The number of hydrogen-bond acceptors (Lipinski definition) is 4. The summed E-state index contributed by atoms with van der Waals surface area (Å²) in [7, 11) is 0. The van der Waals surface area contributed by atoms with Crippen LogP contribution in [0.25, 0.3) is 0 Å². The van der Waals surface area contributed by atoms with E-state index in [0.717, 1.165) is 30.0 Å². The van der Waals surface area contributed by atoms with E-state index in [2.05, 4.69) is 17.6 Å². The number of carbonyl (C=O) groups excluding carboxylic acids is 1. The van der Waals surface area contributed by atoms with Crippen LogP contribution in [0.3, 0.4) is 0 Å². The third kappa shape index (κ3) is 3.37. The smallest absolute Gasteiger partial charge is 0.262 e. The summed E-state index contributed by atoms with van der Waals surface area (Å²) >= 11 is 0. The largest absolute Gasteiger partial charge is 0.482 e. The third-order valence-corrected chi connectivity index (χ3v) is 3.43. The standard InChI is InChI=1S/C16H18N2O3/c1-11(4-6-13-3-2-8-20-13)17-12-5-7-14-15(9-12)21-10-16(19)18-14/h2-3,5,7-9,11,17H,4,6,10H2,1H3,(H,18,19)/t11-/m1/s1. The summed E-state index contributed by atoms with van der Waals surface area (Å²) in [6.45, 7) is 2.20. The summed E-state index contributed by atoms with van der Waals surface area (Å²) in [6.07, 6.45) is 3.57. The fourth-order valence-corrected chi connectivity index (χ4v) is 2.33. The Bertz CT molecular complexity index is 622. The molecular weight excluding hydrogens is 268 g/mol. The Labute approximate surface area is 123 Å².